The van der Waals surface area contributed by atoms with Crippen LogP contribution >= 0.6 is 28.1 Å². The van der Waals surface area contributed by atoms with Gasteiger partial charge in [-0.05, 0) is 47.1 Å². The molecule has 0 aliphatic carbocycles. The van der Waals surface area contributed by atoms with Crippen molar-refractivity contribution in [2.45, 2.75) is 18.9 Å². The van der Waals surface area contributed by atoms with E-state index in [1.807, 2.05) is 4.57 Å². The molecule has 1 aliphatic rings. The van der Waals surface area contributed by atoms with Crippen molar-refractivity contribution in [3.05, 3.63) is 27.2 Å². The molecule has 0 radical (unpaired) electrons. The molecule has 0 bridgehead atoms. The first kappa shape index (κ1) is 13.5. The van der Waals surface area contributed by atoms with Crippen molar-refractivity contribution in [1.82, 2.24) is 9.55 Å². The second kappa shape index (κ2) is 5.10. The molecule has 1 aromatic heterocycles. The predicted molar refractivity (Wildman–Crippen MR) is 80.9 cm³/mol. The van der Waals surface area contributed by atoms with E-state index < -0.39 is 10.8 Å². The van der Waals surface area contributed by atoms with E-state index in [4.69, 9.17) is 12.2 Å². The Morgan fingerprint density at radius 3 is 2.79 bits per heavy atom. The van der Waals surface area contributed by atoms with Crippen LogP contribution in [-0.4, -0.2) is 25.3 Å². The number of aromatic amines is 1. The van der Waals surface area contributed by atoms with Gasteiger partial charge in [0.05, 0.1) is 15.5 Å². The fourth-order valence-electron chi connectivity index (χ4n) is 2.52. The Bertz CT molecular complexity index is 714. The van der Waals surface area contributed by atoms with Crippen molar-refractivity contribution in [1.29, 1.82) is 0 Å². The minimum absolute atomic E-state index is 0.247. The molecule has 0 spiro atoms. The summed E-state index contributed by atoms with van der Waals surface area (Å²) in [5.74, 6) is 1.11. The molecule has 3 nitrogen and oxygen atoms in total. The predicted octanol–water partition coefficient (Wildman–Crippen LogP) is 3.68. The van der Waals surface area contributed by atoms with Crippen molar-refractivity contribution in [3.8, 4) is 0 Å². The highest BCUT2D eigenvalue weighted by molar-refractivity contribution is 9.10. The summed E-state index contributed by atoms with van der Waals surface area (Å²) in [7, 11) is -0.698. The molecule has 2 heterocycles. The third-order valence-corrected chi connectivity index (χ3v) is 5.77. The summed E-state index contributed by atoms with van der Waals surface area (Å²) < 4.78 is 28.0. The van der Waals surface area contributed by atoms with E-state index in [0.29, 0.717) is 26.3 Å². The van der Waals surface area contributed by atoms with E-state index in [-0.39, 0.29) is 11.9 Å². The van der Waals surface area contributed by atoms with Crippen molar-refractivity contribution >= 4 is 50.0 Å². The summed E-state index contributed by atoms with van der Waals surface area (Å²) in [6.07, 6.45) is 1.70. The number of fused-ring (bicyclic) bond motifs is 1. The zero-order valence-corrected chi connectivity index (χ0v) is 13.2. The van der Waals surface area contributed by atoms with Crippen molar-refractivity contribution in [3.63, 3.8) is 0 Å². The lowest BCUT2D eigenvalue weighted by atomic mass is 10.1. The molecule has 1 N–H and O–H groups in total. The Balaban J connectivity index is 2.12. The van der Waals surface area contributed by atoms with Crippen LogP contribution in [0.1, 0.15) is 18.9 Å². The van der Waals surface area contributed by atoms with Crippen LogP contribution in [0, 0.1) is 10.6 Å². The standard InChI is InChI=1S/C12H12BrFN2OS2/c13-8-5-11-10(6-9(8)14)15-12(18)16(11)7-1-3-19(17)4-2-7/h5-7H,1-4H2,(H,15,18). The molecule has 0 amide bonds. The second-order valence-corrected chi connectivity index (χ2v) is 7.60. The van der Waals surface area contributed by atoms with Gasteiger partial charge in [0.25, 0.3) is 0 Å². The lowest BCUT2D eigenvalue weighted by Crippen LogP contribution is -2.21. The van der Waals surface area contributed by atoms with Crippen LogP contribution in [0.25, 0.3) is 11.0 Å². The number of hydrogen-bond donors (Lipinski definition) is 1. The normalized spacial score (nSPS) is 23.9. The first-order chi connectivity index (χ1) is 9.06. The number of halogens is 2. The van der Waals surface area contributed by atoms with Gasteiger partial charge in [0, 0.05) is 34.4 Å². The van der Waals surface area contributed by atoms with E-state index in [1.165, 1.54) is 6.07 Å². The average molecular weight is 363 g/mol. The maximum Gasteiger partial charge on any atom is 0.178 e. The van der Waals surface area contributed by atoms with Crippen LogP contribution < -0.4 is 0 Å². The average Bonchev–Trinajstić information content (AvgIpc) is 2.67. The van der Waals surface area contributed by atoms with Gasteiger partial charge in [0.2, 0.25) is 0 Å². The summed E-state index contributed by atoms with van der Waals surface area (Å²) in [4.78, 5) is 3.04. The third-order valence-electron chi connectivity index (χ3n) is 3.48. The minimum atomic E-state index is -0.698. The molecule has 0 unspecified atom stereocenters. The molecule has 1 saturated heterocycles. The molecule has 102 valence electrons. The molecular weight excluding hydrogens is 351 g/mol. The van der Waals surface area contributed by atoms with E-state index in [9.17, 15) is 8.60 Å². The minimum Gasteiger partial charge on any atom is -0.330 e. The number of H-pyrrole nitrogens is 1. The zero-order chi connectivity index (χ0) is 13.6. The number of nitrogens with zero attached hydrogens (tertiary/aromatic N) is 1. The molecule has 19 heavy (non-hydrogen) atoms. The van der Waals surface area contributed by atoms with Gasteiger partial charge >= 0.3 is 0 Å². The number of benzene rings is 1. The molecular formula is C12H12BrFN2OS2. The Morgan fingerprint density at radius 2 is 2.11 bits per heavy atom. The number of nitrogens with one attached hydrogen (secondary N) is 1. The molecule has 2 aromatic rings. The fourth-order valence-corrected chi connectivity index (χ4v) is 4.49. The summed E-state index contributed by atoms with van der Waals surface area (Å²) >= 11 is 8.55. The second-order valence-electron chi connectivity index (χ2n) is 4.66. The quantitative estimate of drug-likeness (QED) is 0.785. The van der Waals surface area contributed by atoms with Gasteiger partial charge in [-0.25, -0.2) is 4.39 Å². The van der Waals surface area contributed by atoms with Crippen LogP contribution in [0.2, 0.25) is 0 Å². The highest BCUT2D eigenvalue weighted by Crippen LogP contribution is 2.30. The van der Waals surface area contributed by atoms with Crippen LogP contribution in [0.4, 0.5) is 4.39 Å². The summed E-state index contributed by atoms with van der Waals surface area (Å²) in [5.41, 5.74) is 1.60. The Hall–Kier alpha value is -0.530. The maximum atomic E-state index is 13.5. The Morgan fingerprint density at radius 1 is 1.42 bits per heavy atom. The van der Waals surface area contributed by atoms with Gasteiger partial charge in [0.15, 0.2) is 4.77 Å². The number of rotatable bonds is 1. The zero-order valence-electron chi connectivity index (χ0n) is 9.99. The largest absolute Gasteiger partial charge is 0.330 e. The smallest absolute Gasteiger partial charge is 0.178 e. The number of hydrogen-bond acceptors (Lipinski definition) is 2. The SMILES string of the molecule is O=S1CCC(n2c(=S)[nH]c3cc(F)c(Br)cc32)CC1. The Kier molecular flexibility index (Phi) is 3.61. The summed E-state index contributed by atoms with van der Waals surface area (Å²) in [6, 6.07) is 3.45. The first-order valence-corrected chi connectivity index (χ1v) is 8.69. The number of aromatic nitrogens is 2. The Labute approximate surface area is 125 Å². The van der Waals surface area contributed by atoms with E-state index in [1.54, 1.807) is 6.07 Å². The molecule has 1 fully saturated rings. The lowest BCUT2D eigenvalue weighted by Gasteiger charge is -2.23. The van der Waals surface area contributed by atoms with E-state index >= 15 is 0 Å². The molecule has 0 atom stereocenters. The van der Waals surface area contributed by atoms with Crippen molar-refractivity contribution in [2.24, 2.45) is 0 Å². The van der Waals surface area contributed by atoms with E-state index in [2.05, 4.69) is 20.9 Å². The highest BCUT2D eigenvalue weighted by atomic mass is 79.9. The molecule has 1 aromatic carbocycles. The highest BCUT2D eigenvalue weighted by Gasteiger charge is 2.22. The summed E-state index contributed by atoms with van der Waals surface area (Å²) in [6.45, 7) is 0. The molecule has 3 rings (SSSR count). The summed E-state index contributed by atoms with van der Waals surface area (Å²) in [5, 5.41) is 0. The van der Waals surface area contributed by atoms with Gasteiger partial charge in [-0.15, -0.1) is 0 Å². The van der Waals surface area contributed by atoms with Gasteiger partial charge in [-0.2, -0.15) is 0 Å². The van der Waals surface area contributed by atoms with E-state index in [0.717, 1.165) is 18.4 Å². The molecule has 1 aliphatic heterocycles. The van der Waals surface area contributed by atoms with Crippen LogP contribution in [-0.2, 0) is 10.8 Å². The maximum absolute atomic E-state index is 13.5. The van der Waals surface area contributed by atoms with Gasteiger partial charge < -0.3 is 9.55 Å². The van der Waals surface area contributed by atoms with Crippen LogP contribution in [0.15, 0.2) is 16.6 Å². The van der Waals surface area contributed by atoms with Crippen LogP contribution in [0.3, 0.4) is 0 Å². The molecule has 0 saturated carbocycles. The van der Waals surface area contributed by atoms with Gasteiger partial charge in [0.1, 0.15) is 5.82 Å². The van der Waals surface area contributed by atoms with Crippen LogP contribution in [0.5, 0.6) is 0 Å². The lowest BCUT2D eigenvalue weighted by molar-refractivity contribution is 0.468. The number of imidazole rings is 1. The fraction of sp³-hybridized carbons (Fsp3) is 0.417. The third kappa shape index (κ3) is 2.43. The first-order valence-electron chi connectivity index (χ1n) is 6.00. The van der Waals surface area contributed by atoms with Gasteiger partial charge in [-0.1, -0.05) is 0 Å². The van der Waals surface area contributed by atoms with Gasteiger partial charge in [-0.3, -0.25) is 4.21 Å². The topological polar surface area (TPSA) is 37.8 Å². The van der Waals surface area contributed by atoms with Crippen molar-refractivity contribution in [2.75, 3.05) is 11.5 Å². The van der Waals surface area contributed by atoms with Crippen molar-refractivity contribution < 1.29 is 8.60 Å². The monoisotopic (exact) mass is 362 g/mol. The molecule has 7 heteroatoms.